The molecule has 8 aliphatic carbocycles. The van der Waals surface area contributed by atoms with Crippen LogP contribution in [0.25, 0.3) is 21.8 Å². The standard InChI is InChI=1S/C23H26F3N5O3.C19H28F3NO3.C14H20F3NO.C11H17NO4.C9H8N4O3.C7H12F3N.CH4.ClH/c24-23(25,26)14-3-1-2-12(6-14)7-19(32)17-9-13-8-16(13)31(17)20(33)11-30-18-10-28-5-4-15(18)21(29-30)22(27)34;1-18(2,3)26-17(25)23-14-9-12(14)10-15(23)16(24)8-11-5-4-6-13(7-11)19(20,21)22;15-14(16,17)10-3-1-2-8(4-10)5-13(19)12-7-9-6-11(9)18-12;1-11(2,3)16-10(15)12-7-4-6(7)5-8(12)9(13)14;10-9(16)8-5-1-2-11-3-6(5)13(12-8)4-7(14)15;8-7(9,10)5-2-1-3-6(11)4-5;;/h4-5,10,12-14,16-17H,1-3,6-9,11H2,(H2,27,34);11-15H,4-10H2,1-3H3;8-12,18H,1-7H2;6-8H,4-5H2,1-3H3,(H,13,14);1-3H,4H2,(H2,10,16)(H,14,15);5-6H,1-4,11H2;1H4;1H/t12-,13-,14+,16-,17+;11-,12-,13+,14-,15+;8-,9-,10+,11-,12+;6-,7-,8+;;5-,6+;;/m1111.0../s1. The van der Waals surface area contributed by atoms with Crippen LogP contribution in [-0.4, -0.2) is 204 Å². The number of hydrogen-bond donors (Lipinski definition) is 6. The summed E-state index contributed by atoms with van der Waals surface area (Å²) >= 11 is 0. The molecular weight excluding hydrogens is 1680 g/mol. The van der Waals surface area contributed by atoms with Gasteiger partial charge < -0.3 is 47.1 Å². The van der Waals surface area contributed by atoms with E-state index < -0.39 is 114 Å². The number of ether oxygens (including phenoxy) is 2. The second-order valence-corrected chi connectivity index (χ2v) is 37.3. The summed E-state index contributed by atoms with van der Waals surface area (Å²) in [6.45, 7) is 10.2. The van der Waals surface area contributed by atoms with Gasteiger partial charge in [-0.3, -0.25) is 62.7 Å². The fraction of sp³-hybridized carbons (Fsp3) is 0.738. The van der Waals surface area contributed by atoms with E-state index in [0.717, 1.165) is 38.5 Å². The number of alkyl halides is 12. The third-order valence-electron chi connectivity index (χ3n) is 25.6. The van der Waals surface area contributed by atoms with Crippen LogP contribution in [-0.2, 0) is 51.3 Å². The van der Waals surface area contributed by atoms with E-state index >= 15 is 0 Å². The Morgan fingerprint density at radius 3 is 1.18 bits per heavy atom. The lowest BCUT2D eigenvalue weighted by Gasteiger charge is -2.33. The number of carbonyl (C=O) groups is 10. The van der Waals surface area contributed by atoms with Crippen molar-refractivity contribution in [3.05, 3.63) is 48.3 Å². The molecule has 4 aromatic heterocycles. The number of rotatable bonds is 16. The molecule has 0 aromatic carbocycles. The number of Topliss-reactive ketones (excluding diaryl/α,β-unsaturated/α-hetero) is 3. The van der Waals surface area contributed by atoms with Crippen molar-refractivity contribution in [3.63, 3.8) is 0 Å². The Morgan fingerprint density at radius 1 is 0.460 bits per heavy atom. The van der Waals surface area contributed by atoms with Gasteiger partial charge in [0, 0.05) is 72.6 Å². The molecule has 12 fully saturated rings. The molecule has 4 aromatic rings. The Labute approximate surface area is 716 Å². The zero-order valence-electron chi connectivity index (χ0n) is 69.5. The van der Waals surface area contributed by atoms with Crippen LogP contribution in [0.2, 0.25) is 0 Å². The van der Waals surface area contributed by atoms with Crippen molar-refractivity contribution in [3.8, 4) is 0 Å². The van der Waals surface area contributed by atoms with Gasteiger partial charge >= 0.3 is 48.8 Å². The fourth-order valence-corrected chi connectivity index (χ4v) is 19.3. The molecule has 12 aliphatic rings. The van der Waals surface area contributed by atoms with Gasteiger partial charge in [-0.25, -0.2) is 14.4 Å². The molecule has 4 aliphatic heterocycles. The highest BCUT2D eigenvalue weighted by Crippen LogP contribution is 2.53. The highest BCUT2D eigenvalue weighted by Gasteiger charge is 2.60. The molecule has 0 unspecified atom stereocenters. The van der Waals surface area contributed by atoms with Crippen LogP contribution in [0.1, 0.15) is 243 Å². The minimum atomic E-state index is -4.23. The lowest BCUT2D eigenvalue weighted by Crippen LogP contribution is -2.46. The number of nitrogens with two attached hydrogens (primary N) is 3. The van der Waals surface area contributed by atoms with Crippen molar-refractivity contribution < 1.29 is 120 Å². The minimum absolute atomic E-state index is 0. The molecule has 27 nitrogen and oxygen atoms in total. The number of primary amides is 2. The number of aliphatic carboxylic acids is 2. The summed E-state index contributed by atoms with van der Waals surface area (Å²) in [5, 5.41) is 30.0. The number of pyridine rings is 2. The van der Waals surface area contributed by atoms with Crippen molar-refractivity contribution in [2.45, 2.75) is 326 Å². The van der Waals surface area contributed by atoms with Gasteiger partial charge in [-0.15, -0.1) is 12.4 Å². The second-order valence-electron chi connectivity index (χ2n) is 37.3. The monoisotopic (exact) mass is 1790 g/mol. The summed E-state index contributed by atoms with van der Waals surface area (Å²) in [6.07, 6.45) is 1.43. The Balaban J connectivity index is 0.000000174. The zero-order valence-corrected chi connectivity index (χ0v) is 70.3. The third kappa shape index (κ3) is 25.9. The van der Waals surface area contributed by atoms with Gasteiger partial charge in [0.25, 0.3) is 11.8 Å². The molecule has 16 rings (SSSR count). The fourth-order valence-electron chi connectivity index (χ4n) is 19.3. The molecule has 5 amide bonds. The molecule has 0 radical (unpaired) electrons. The number of piperidine rings is 4. The lowest BCUT2D eigenvalue weighted by atomic mass is 9.78. The van der Waals surface area contributed by atoms with Gasteiger partial charge in [-0.05, 0) is 224 Å². The highest BCUT2D eigenvalue weighted by atomic mass is 35.5. The minimum Gasteiger partial charge on any atom is -0.480 e. The number of carboxylic acid groups (broad SMARTS) is 2. The molecule has 20 atom stereocenters. The topological polar surface area (TPSA) is 391 Å². The van der Waals surface area contributed by atoms with Crippen LogP contribution in [0.5, 0.6) is 0 Å². The quantitative estimate of drug-likeness (QED) is 0.0567. The summed E-state index contributed by atoms with van der Waals surface area (Å²) in [5.74, 6) is -7.79. The number of carboxylic acids is 2. The SMILES string of the molecule is C.CC(C)(C)OC(=O)N1[C@@H]2C[C@@H]2C[C@H]1C(=O)C[C@@H]1CCC[C@H](C(F)(F)F)C1.CC(C)(C)OC(=O)N1[C@@H]2C[C@@H]2C[C@H]1C(=O)O.Cl.NC(=O)c1nn(CC(=O)N2[C@@H]3C[C@@H]3C[C@H]2C(=O)C[C@@H]2CCC[C@H](C(F)(F)F)C2)c2cnccc12.NC(=O)c1nn(CC(=O)O)c2cnccc12.N[C@@H]1CCC[C@H](C(F)(F)F)C1.O=C(C[C@@H]1CCC[C@H](C(F)(F)F)C1)[C@@H]1C[C@H]2C[C@H]2N1. The van der Waals surface area contributed by atoms with Crippen molar-refractivity contribution in [2.24, 2.45) is 82.3 Å². The molecule has 4 saturated heterocycles. The number of ketones is 3. The number of amides is 5. The molecule has 0 bridgehead atoms. The van der Waals surface area contributed by atoms with E-state index in [0.29, 0.717) is 110 Å². The summed E-state index contributed by atoms with van der Waals surface area (Å²) in [4.78, 5) is 133. The molecule has 0 spiro atoms. The van der Waals surface area contributed by atoms with Crippen molar-refractivity contribution in [1.29, 1.82) is 0 Å². The molecular formula is C84H116ClF12N13O14. The Hall–Kier alpha value is -8.49. The molecule has 9 N–H and O–H groups in total. The van der Waals surface area contributed by atoms with E-state index in [4.69, 9.17) is 36.9 Å². The van der Waals surface area contributed by atoms with E-state index in [1.54, 1.807) is 63.5 Å². The van der Waals surface area contributed by atoms with Crippen molar-refractivity contribution in [1.82, 2.24) is 49.5 Å². The number of nitrogens with one attached hydrogen (secondary N) is 1. The first kappa shape index (κ1) is 99.3. The zero-order chi connectivity index (χ0) is 89.4. The number of nitrogens with zero attached hydrogens (tertiary/aromatic N) is 9. The maximum Gasteiger partial charge on any atom is 0.411 e. The van der Waals surface area contributed by atoms with Crippen LogP contribution in [0, 0.1) is 65.1 Å². The first-order valence-corrected chi connectivity index (χ1v) is 42.3. The van der Waals surface area contributed by atoms with Crippen molar-refractivity contribution in [2.75, 3.05) is 0 Å². The van der Waals surface area contributed by atoms with Crippen LogP contribution in [0.4, 0.5) is 62.3 Å². The number of aromatic nitrogens is 6. The summed E-state index contributed by atoms with van der Waals surface area (Å²) in [6, 6.07) is 1.67. The predicted molar refractivity (Wildman–Crippen MR) is 428 cm³/mol. The lowest BCUT2D eigenvalue weighted by molar-refractivity contribution is -0.186. The van der Waals surface area contributed by atoms with Gasteiger partial charge in [0.1, 0.15) is 36.1 Å². The van der Waals surface area contributed by atoms with Crippen LogP contribution < -0.4 is 22.5 Å². The van der Waals surface area contributed by atoms with E-state index in [-0.39, 0.29) is 186 Å². The van der Waals surface area contributed by atoms with Crippen LogP contribution in [0.3, 0.4) is 0 Å². The molecule has 8 saturated carbocycles. The third-order valence-corrected chi connectivity index (χ3v) is 25.6. The normalized spacial score (nSPS) is 30.0. The number of fused-ring (bicyclic) bond motifs is 6. The van der Waals surface area contributed by atoms with Gasteiger partial charge in [0.2, 0.25) is 5.91 Å². The Morgan fingerprint density at radius 2 is 0.823 bits per heavy atom. The summed E-state index contributed by atoms with van der Waals surface area (Å²) in [7, 11) is 0. The van der Waals surface area contributed by atoms with Crippen LogP contribution >= 0.6 is 12.4 Å². The van der Waals surface area contributed by atoms with Crippen LogP contribution in [0.15, 0.2) is 36.9 Å². The number of hydrogen-bond acceptors (Lipinski definition) is 18. The molecule has 8 heterocycles. The smallest absolute Gasteiger partial charge is 0.411 e. The Bertz CT molecular complexity index is 4470. The van der Waals surface area contributed by atoms with Gasteiger partial charge in [0.05, 0.1) is 65.2 Å². The van der Waals surface area contributed by atoms with Gasteiger partial charge in [0.15, 0.2) is 23.0 Å². The van der Waals surface area contributed by atoms with E-state index in [1.807, 2.05) is 0 Å². The van der Waals surface area contributed by atoms with Crippen molar-refractivity contribution >= 4 is 93.4 Å². The van der Waals surface area contributed by atoms with E-state index in [1.165, 1.54) is 45.5 Å². The average Bonchev–Trinajstić information content (AvgIpc) is 1.58. The number of likely N-dealkylation sites (tertiary alicyclic amines) is 3. The average molecular weight is 1800 g/mol. The summed E-state index contributed by atoms with van der Waals surface area (Å²) < 4.78 is 166. The molecule has 692 valence electrons. The van der Waals surface area contributed by atoms with Gasteiger partial charge in [-0.1, -0.05) is 33.1 Å². The highest BCUT2D eigenvalue weighted by molar-refractivity contribution is 6.05. The van der Waals surface area contributed by atoms with E-state index in [2.05, 4.69) is 25.5 Å². The maximum absolute atomic E-state index is 13.3. The number of carbonyl (C=O) groups excluding carboxylic acids is 8. The number of halogens is 13. The molecule has 124 heavy (non-hydrogen) atoms. The Kier molecular flexibility index (Phi) is 31.9. The second kappa shape index (κ2) is 39.8. The predicted octanol–water partition coefficient (Wildman–Crippen LogP) is 14.8. The maximum atomic E-state index is 13.3. The first-order chi connectivity index (χ1) is 56.9. The van der Waals surface area contributed by atoms with E-state index in [9.17, 15) is 101 Å². The first-order valence-electron chi connectivity index (χ1n) is 42.3. The summed E-state index contributed by atoms with van der Waals surface area (Å²) in [5.41, 5.74) is 15.8. The largest absolute Gasteiger partial charge is 0.480 e. The van der Waals surface area contributed by atoms with Gasteiger partial charge in [-0.2, -0.15) is 62.9 Å². The molecule has 40 heteroatoms.